The number of halogens is 2. The lowest BCUT2D eigenvalue weighted by atomic mass is 9.91. The lowest BCUT2D eigenvalue weighted by Gasteiger charge is -2.36. The quantitative estimate of drug-likeness (QED) is 0.232. The minimum absolute atomic E-state index is 0.110. The van der Waals surface area contributed by atoms with Crippen LogP contribution in [-0.2, 0) is 11.3 Å². The van der Waals surface area contributed by atoms with Crippen molar-refractivity contribution in [1.29, 1.82) is 0 Å². The van der Waals surface area contributed by atoms with Gasteiger partial charge in [0.05, 0.1) is 16.0 Å². The van der Waals surface area contributed by atoms with E-state index in [4.69, 9.17) is 32.7 Å². The van der Waals surface area contributed by atoms with Crippen molar-refractivity contribution in [3.05, 3.63) is 92.0 Å². The van der Waals surface area contributed by atoms with Crippen LogP contribution < -0.4 is 20.1 Å². The van der Waals surface area contributed by atoms with Gasteiger partial charge in [-0.25, -0.2) is 0 Å². The molecule has 1 saturated carbocycles. The molecule has 0 spiro atoms. The maximum Gasteiger partial charge on any atom is 0.251 e. The Hall–Kier alpha value is -3.26. The molecular weight excluding hydrogens is 597 g/mol. The molecule has 2 amide bonds. The van der Waals surface area contributed by atoms with Gasteiger partial charge >= 0.3 is 0 Å². The van der Waals surface area contributed by atoms with E-state index in [1.54, 1.807) is 24.3 Å². The first kappa shape index (κ1) is 32.1. The zero-order valence-electron chi connectivity index (χ0n) is 25.8. The highest BCUT2D eigenvalue weighted by Crippen LogP contribution is 2.34. The van der Waals surface area contributed by atoms with Gasteiger partial charge in [0, 0.05) is 30.7 Å². The van der Waals surface area contributed by atoms with Gasteiger partial charge in [0.15, 0.2) is 5.75 Å². The van der Waals surface area contributed by atoms with Crippen molar-refractivity contribution in [3.63, 3.8) is 0 Å². The number of hydrogen-bond donors (Lipinski definition) is 2. The Kier molecular flexibility index (Phi) is 10.4. The molecule has 0 bridgehead atoms. The summed E-state index contributed by atoms with van der Waals surface area (Å²) in [5.74, 6) is 0.673. The number of piperidine rings is 1. The monoisotopic (exact) mass is 637 g/mol. The third-order valence-corrected chi connectivity index (χ3v) is 9.06. The standard InChI is InChI=1S/C35H41Cl2N3O4/c1-21-15-30(36)33(31(37)16-21)44-14-13-43-27-9-10-28(24(4)18-27)34(41)39-32-11-12-38-19-29(32)35(42)40(26-7-8-26)20-25-6-5-22(2)23(3)17-25/h5-6,9-10,15-18,26,29,32,38H,7-8,11-14,19-20H2,1-4H3,(H,39,41). The van der Waals surface area contributed by atoms with Crippen LogP contribution in [0.2, 0.25) is 10.0 Å². The van der Waals surface area contributed by atoms with E-state index in [1.165, 1.54) is 11.1 Å². The molecule has 9 heteroatoms. The number of carbonyl (C=O) groups excluding carboxylic acids is 2. The Bertz CT molecular complexity index is 1500. The molecule has 1 heterocycles. The summed E-state index contributed by atoms with van der Waals surface area (Å²) >= 11 is 12.5. The van der Waals surface area contributed by atoms with Crippen molar-refractivity contribution in [2.24, 2.45) is 5.92 Å². The average molecular weight is 639 g/mol. The summed E-state index contributed by atoms with van der Waals surface area (Å²) in [5, 5.41) is 7.49. The molecule has 234 valence electrons. The molecule has 0 radical (unpaired) electrons. The van der Waals surface area contributed by atoms with Gasteiger partial charge in [-0.1, -0.05) is 41.4 Å². The molecule has 0 aromatic heterocycles. The highest BCUT2D eigenvalue weighted by molar-refractivity contribution is 6.37. The molecule has 3 aromatic carbocycles. The summed E-state index contributed by atoms with van der Waals surface area (Å²) < 4.78 is 11.6. The number of carbonyl (C=O) groups is 2. The number of ether oxygens (including phenoxy) is 2. The predicted octanol–water partition coefficient (Wildman–Crippen LogP) is 6.58. The molecule has 2 atom stereocenters. The molecule has 2 N–H and O–H groups in total. The number of amides is 2. The second-order valence-electron chi connectivity index (χ2n) is 12.0. The van der Waals surface area contributed by atoms with Crippen molar-refractivity contribution in [1.82, 2.24) is 15.5 Å². The lowest BCUT2D eigenvalue weighted by Crippen LogP contribution is -2.55. The normalized spacial score (nSPS) is 18.0. The fourth-order valence-corrected chi connectivity index (χ4v) is 6.44. The molecule has 5 rings (SSSR count). The number of nitrogens with one attached hydrogen (secondary N) is 2. The van der Waals surface area contributed by atoms with Crippen LogP contribution in [0.3, 0.4) is 0 Å². The van der Waals surface area contributed by atoms with E-state index in [-0.39, 0.29) is 43.0 Å². The number of aryl methyl sites for hydroxylation is 4. The van der Waals surface area contributed by atoms with Crippen LogP contribution in [0.4, 0.5) is 0 Å². The van der Waals surface area contributed by atoms with E-state index in [0.717, 1.165) is 36.1 Å². The maximum atomic E-state index is 13.9. The van der Waals surface area contributed by atoms with Gasteiger partial charge in [0.1, 0.15) is 19.0 Å². The van der Waals surface area contributed by atoms with Crippen LogP contribution in [0.5, 0.6) is 11.5 Å². The highest BCUT2D eigenvalue weighted by atomic mass is 35.5. The molecule has 2 fully saturated rings. The Morgan fingerprint density at radius 2 is 1.61 bits per heavy atom. The number of benzene rings is 3. The summed E-state index contributed by atoms with van der Waals surface area (Å²) in [5.41, 5.74) is 5.92. The first-order valence-electron chi connectivity index (χ1n) is 15.3. The van der Waals surface area contributed by atoms with Crippen LogP contribution in [-0.4, -0.2) is 55.1 Å². The molecule has 1 aliphatic carbocycles. The van der Waals surface area contributed by atoms with Gasteiger partial charge in [-0.2, -0.15) is 0 Å². The zero-order chi connectivity index (χ0) is 31.4. The van der Waals surface area contributed by atoms with Gasteiger partial charge in [-0.05, 0) is 112 Å². The van der Waals surface area contributed by atoms with E-state index < -0.39 is 0 Å². The molecule has 3 aromatic rings. The van der Waals surface area contributed by atoms with E-state index in [9.17, 15) is 9.59 Å². The SMILES string of the molecule is Cc1cc(Cl)c(OCCOc2ccc(C(=O)NC3CCNCC3C(=O)N(Cc3ccc(C)c(C)c3)C3CC3)c(C)c2)c(Cl)c1. The number of nitrogens with zero attached hydrogens (tertiary/aromatic N) is 1. The van der Waals surface area contributed by atoms with Gasteiger partial charge in [0.2, 0.25) is 5.91 Å². The summed E-state index contributed by atoms with van der Waals surface area (Å²) in [7, 11) is 0. The van der Waals surface area contributed by atoms with Crippen molar-refractivity contribution in [2.75, 3.05) is 26.3 Å². The molecule has 7 nitrogen and oxygen atoms in total. The van der Waals surface area contributed by atoms with Crippen molar-refractivity contribution in [2.45, 2.75) is 65.6 Å². The predicted molar refractivity (Wildman–Crippen MR) is 175 cm³/mol. The fraction of sp³-hybridized carbons (Fsp3) is 0.429. The van der Waals surface area contributed by atoms with Crippen molar-refractivity contribution in [3.8, 4) is 11.5 Å². The Labute approximate surface area is 270 Å². The topological polar surface area (TPSA) is 79.9 Å². The molecule has 2 unspecified atom stereocenters. The maximum absolute atomic E-state index is 13.9. The van der Waals surface area contributed by atoms with E-state index in [1.807, 2.05) is 24.8 Å². The first-order chi connectivity index (χ1) is 21.1. The van der Waals surface area contributed by atoms with Crippen LogP contribution in [0, 0.1) is 33.6 Å². The summed E-state index contributed by atoms with van der Waals surface area (Å²) in [6, 6.07) is 15.4. The summed E-state index contributed by atoms with van der Waals surface area (Å²) in [6.45, 7) is 10.4. The second-order valence-corrected chi connectivity index (χ2v) is 12.8. The van der Waals surface area contributed by atoms with Crippen LogP contribution >= 0.6 is 23.2 Å². The number of hydrogen-bond acceptors (Lipinski definition) is 5. The third-order valence-electron chi connectivity index (χ3n) is 8.49. The second kappa shape index (κ2) is 14.2. The Morgan fingerprint density at radius 1 is 0.886 bits per heavy atom. The molecule has 44 heavy (non-hydrogen) atoms. The minimum Gasteiger partial charge on any atom is -0.490 e. The van der Waals surface area contributed by atoms with Crippen LogP contribution in [0.25, 0.3) is 0 Å². The van der Waals surface area contributed by atoms with Crippen LogP contribution in [0.1, 0.15) is 57.4 Å². The summed E-state index contributed by atoms with van der Waals surface area (Å²) in [6.07, 6.45) is 2.75. The highest BCUT2D eigenvalue weighted by Gasteiger charge is 2.40. The van der Waals surface area contributed by atoms with E-state index in [2.05, 4.69) is 42.7 Å². The Balaban J connectivity index is 1.19. The smallest absolute Gasteiger partial charge is 0.251 e. The fourth-order valence-electron chi connectivity index (χ4n) is 5.73. The van der Waals surface area contributed by atoms with E-state index >= 15 is 0 Å². The largest absolute Gasteiger partial charge is 0.490 e. The van der Waals surface area contributed by atoms with Gasteiger partial charge in [-0.15, -0.1) is 0 Å². The molecule has 2 aliphatic rings. The van der Waals surface area contributed by atoms with Crippen LogP contribution in [0.15, 0.2) is 48.5 Å². The molecule has 1 aliphatic heterocycles. The third kappa shape index (κ3) is 7.87. The molecular formula is C35H41Cl2N3O4. The van der Waals surface area contributed by atoms with Gasteiger partial charge in [0.25, 0.3) is 5.91 Å². The zero-order valence-corrected chi connectivity index (χ0v) is 27.4. The summed E-state index contributed by atoms with van der Waals surface area (Å²) in [4.78, 5) is 29.4. The number of rotatable bonds is 11. The van der Waals surface area contributed by atoms with Gasteiger partial charge in [-0.3, -0.25) is 9.59 Å². The van der Waals surface area contributed by atoms with Crippen molar-refractivity contribution < 1.29 is 19.1 Å². The van der Waals surface area contributed by atoms with Crippen molar-refractivity contribution >= 4 is 35.0 Å². The first-order valence-corrected chi connectivity index (χ1v) is 16.1. The van der Waals surface area contributed by atoms with E-state index in [0.29, 0.717) is 46.6 Å². The van der Waals surface area contributed by atoms with Gasteiger partial charge < -0.3 is 25.0 Å². The lowest BCUT2D eigenvalue weighted by molar-refractivity contribution is -0.138. The Morgan fingerprint density at radius 3 is 2.30 bits per heavy atom. The molecule has 1 saturated heterocycles. The minimum atomic E-state index is -0.321. The average Bonchev–Trinajstić information content (AvgIpc) is 3.82.